The minimum atomic E-state index is -0.192. The van der Waals surface area contributed by atoms with Crippen LogP contribution in [-0.2, 0) is 14.9 Å². The number of likely N-dealkylation sites (tertiary alicyclic amines) is 1. The molecular formula is C19H27FN2O2. The van der Waals surface area contributed by atoms with Crippen LogP contribution in [0.1, 0.15) is 31.2 Å². The molecule has 2 heterocycles. The molecule has 2 fully saturated rings. The first-order valence-electron chi connectivity index (χ1n) is 8.88. The molecular weight excluding hydrogens is 307 g/mol. The van der Waals surface area contributed by atoms with Crippen molar-refractivity contribution in [2.75, 3.05) is 39.9 Å². The zero-order valence-corrected chi connectivity index (χ0v) is 14.4. The van der Waals surface area contributed by atoms with Crippen LogP contribution in [0.4, 0.5) is 4.39 Å². The van der Waals surface area contributed by atoms with Crippen molar-refractivity contribution in [3.05, 3.63) is 35.6 Å². The number of nitrogens with one attached hydrogen (secondary N) is 1. The molecule has 24 heavy (non-hydrogen) atoms. The van der Waals surface area contributed by atoms with Gasteiger partial charge in [-0.3, -0.25) is 4.79 Å². The number of amides is 1. The molecule has 2 aliphatic rings. The highest BCUT2D eigenvalue weighted by atomic mass is 19.1. The third kappa shape index (κ3) is 3.95. The Morgan fingerprint density at radius 2 is 2.04 bits per heavy atom. The van der Waals surface area contributed by atoms with E-state index in [0.717, 1.165) is 45.5 Å². The van der Waals surface area contributed by atoms with Gasteiger partial charge in [-0.05, 0) is 56.0 Å². The maximum absolute atomic E-state index is 13.3. The Hall–Kier alpha value is -1.46. The Balaban J connectivity index is 1.61. The lowest BCUT2D eigenvalue weighted by molar-refractivity contribution is -0.121. The number of hydrogen-bond donors (Lipinski definition) is 1. The number of carbonyl (C=O) groups excluding carboxylic acids is 1. The van der Waals surface area contributed by atoms with Gasteiger partial charge in [-0.2, -0.15) is 0 Å². The van der Waals surface area contributed by atoms with E-state index in [4.69, 9.17) is 4.74 Å². The monoisotopic (exact) mass is 334 g/mol. The highest BCUT2D eigenvalue weighted by Crippen LogP contribution is 2.35. The first-order valence-corrected chi connectivity index (χ1v) is 8.88. The number of piperidine rings is 1. The second-order valence-corrected chi connectivity index (χ2v) is 7.19. The van der Waals surface area contributed by atoms with Crippen LogP contribution in [0.25, 0.3) is 0 Å². The largest absolute Gasteiger partial charge is 0.380 e. The van der Waals surface area contributed by atoms with Crippen LogP contribution < -0.4 is 5.32 Å². The number of ether oxygens (including phenoxy) is 1. The Kier molecular flexibility index (Phi) is 5.51. The average molecular weight is 334 g/mol. The molecule has 0 aromatic heterocycles. The third-order valence-electron chi connectivity index (χ3n) is 5.55. The van der Waals surface area contributed by atoms with Crippen molar-refractivity contribution in [3.8, 4) is 0 Å². The van der Waals surface area contributed by atoms with Crippen LogP contribution in [0.3, 0.4) is 0 Å². The Labute approximate surface area is 143 Å². The SMILES string of the molecule is CNC(=O)CC1CCN(C[C@]2(c3ccc(F)cc3)CCOC2)CC1. The fraction of sp³-hybridized carbons (Fsp3) is 0.632. The average Bonchev–Trinajstić information content (AvgIpc) is 3.07. The van der Waals surface area contributed by atoms with E-state index in [2.05, 4.69) is 10.2 Å². The van der Waals surface area contributed by atoms with Crippen molar-refractivity contribution in [1.82, 2.24) is 10.2 Å². The van der Waals surface area contributed by atoms with E-state index in [9.17, 15) is 9.18 Å². The highest BCUT2D eigenvalue weighted by Gasteiger charge is 2.39. The van der Waals surface area contributed by atoms with Crippen molar-refractivity contribution < 1.29 is 13.9 Å². The second kappa shape index (κ2) is 7.62. The van der Waals surface area contributed by atoms with Crippen molar-refractivity contribution >= 4 is 5.91 Å². The van der Waals surface area contributed by atoms with E-state index in [-0.39, 0.29) is 17.1 Å². The zero-order valence-electron chi connectivity index (χ0n) is 14.4. The molecule has 1 aromatic rings. The number of nitrogens with zero attached hydrogens (tertiary/aromatic N) is 1. The number of benzene rings is 1. The quantitative estimate of drug-likeness (QED) is 0.899. The minimum Gasteiger partial charge on any atom is -0.380 e. The lowest BCUT2D eigenvalue weighted by atomic mass is 9.78. The smallest absolute Gasteiger partial charge is 0.220 e. The molecule has 4 nitrogen and oxygen atoms in total. The summed E-state index contributed by atoms with van der Waals surface area (Å²) in [6.45, 7) is 4.46. The fourth-order valence-electron chi connectivity index (χ4n) is 4.00. The van der Waals surface area contributed by atoms with Crippen LogP contribution in [0, 0.1) is 11.7 Å². The van der Waals surface area contributed by atoms with Crippen molar-refractivity contribution in [2.45, 2.75) is 31.1 Å². The van der Waals surface area contributed by atoms with E-state index < -0.39 is 0 Å². The molecule has 1 amide bonds. The molecule has 5 heteroatoms. The summed E-state index contributed by atoms with van der Waals surface area (Å²) in [5.41, 5.74) is 1.15. The van der Waals surface area contributed by atoms with Crippen molar-refractivity contribution in [1.29, 1.82) is 0 Å². The summed E-state index contributed by atoms with van der Waals surface area (Å²) in [6, 6.07) is 6.90. The topological polar surface area (TPSA) is 41.6 Å². The molecule has 1 atom stereocenters. The molecule has 0 radical (unpaired) electrons. The lowest BCUT2D eigenvalue weighted by Gasteiger charge is -2.38. The third-order valence-corrected chi connectivity index (χ3v) is 5.55. The summed E-state index contributed by atoms with van der Waals surface area (Å²) in [5.74, 6) is 0.436. The predicted molar refractivity (Wildman–Crippen MR) is 91.4 cm³/mol. The van der Waals surface area contributed by atoms with Gasteiger partial charge in [0.15, 0.2) is 0 Å². The van der Waals surface area contributed by atoms with Crippen molar-refractivity contribution in [2.24, 2.45) is 5.92 Å². The summed E-state index contributed by atoms with van der Waals surface area (Å²) in [5, 5.41) is 2.71. The summed E-state index contributed by atoms with van der Waals surface area (Å²) < 4.78 is 19.0. The maximum Gasteiger partial charge on any atom is 0.220 e. The van der Waals surface area contributed by atoms with E-state index in [1.807, 2.05) is 12.1 Å². The number of rotatable bonds is 5. The minimum absolute atomic E-state index is 0.0265. The molecule has 0 spiro atoms. The van der Waals surface area contributed by atoms with Gasteiger partial charge in [-0.1, -0.05) is 12.1 Å². The normalized spacial score (nSPS) is 25.8. The van der Waals surface area contributed by atoms with Crippen molar-refractivity contribution in [3.63, 3.8) is 0 Å². The Morgan fingerprint density at radius 1 is 1.33 bits per heavy atom. The molecule has 132 valence electrons. The standard InChI is InChI=1S/C19H27FN2O2/c1-21-18(23)12-15-6-9-22(10-7-15)13-19(8-11-24-14-19)16-2-4-17(20)5-3-16/h2-5,15H,6-14H2,1H3,(H,21,23)/t19-/m1/s1. The predicted octanol–water partition coefficient (Wildman–Crippen LogP) is 2.33. The van der Waals surface area contributed by atoms with E-state index in [1.54, 1.807) is 19.2 Å². The molecule has 1 aromatic carbocycles. The van der Waals surface area contributed by atoms with Crippen LogP contribution in [0.2, 0.25) is 0 Å². The highest BCUT2D eigenvalue weighted by molar-refractivity contribution is 5.75. The van der Waals surface area contributed by atoms with Crippen LogP contribution >= 0.6 is 0 Å². The molecule has 2 saturated heterocycles. The van der Waals surface area contributed by atoms with Gasteiger partial charge >= 0.3 is 0 Å². The van der Waals surface area contributed by atoms with E-state index in [1.165, 1.54) is 5.56 Å². The summed E-state index contributed by atoms with van der Waals surface area (Å²) in [4.78, 5) is 14.0. The van der Waals surface area contributed by atoms with Gasteiger partial charge in [-0.25, -0.2) is 4.39 Å². The van der Waals surface area contributed by atoms with Gasteiger partial charge in [0.05, 0.1) is 6.61 Å². The number of hydrogen-bond acceptors (Lipinski definition) is 3. The van der Waals surface area contributed by atoms with Gasteiger partial charge < -0.3 is 15.0 Å². The lowest BCUT2D eigenvalue weighted by Crippen LogP contribution is -2.45. The van der Waals surface area contributed by atoms with Gasteiger partial charge in [0.2, 0.25) is 5.91 Å². The van der Waals surface area contributed by atoms with Gasteiger partial charge in [0.25, 0.3) is 0 Å². The number of carbonyl (C=O) groups is 1. The van der Waals surface area contributed by atoms with Crippen LogP contribution in [0.15, 0.2) is 24.3 Å². The first-order chi connectivity index (χ1) is 11.6. The van der Waals surface area contributed by atoms with Gasteiger partial charge in [0, 0.05) is 32.0 Å². The zero-order chi connectivity index (χ0) is 17.0. The molecule has 2 aliphatic heterocycles. The molecule has 0 saturated carbocycles. The van der Waals surface area contributed by atoms with E-state index in [0.29, 0.717) is 18.9 Å². The molecule has 3 rings (SSSR count). The Morgan fingerprint density at radius 3 is 2.62 bits per heavy atom. The van der Waals surface area contributed by atoms with Crippen LogP contribution in [-0.4, -0.2) is 50.7 Å². The summed E-state index contributed by atoms with van der Waals surface area (Å²) in [7, 11) is 1.70. The van der Waals surface area contributed by atoms with Gasteiger partial charge in [-0.15, -0.1) is 0 Å². The summed E-state index contributed by atoms with van der Waals surface area (Å²) in [6.07, 6.45) is 3.74. The Bertz CT molecular complexity index is 547. The molecule has 0 unspecified atom stereocenters. The second-order valence-electron chi connectivity index (χ2n) is 7.19. The van der Waals surface area contributed by atoms with Gasteiger partial charge in [0.1, 0.15) is 5.82 Å². The molecule has 0 bridgehead atoms. The van der Waals surface area contributed by atoms with E-state index >= 15 is 0 Å². The number of halogens is 1. The molecule has 0 aliphatic carbocycles. The van der Waals surface area contributed by atoms with Crippen LogP contribution in [0.5, 0.6) is 0 Å². The summed E-state index contributed by atoms with van der Waals surface area (Å²) >= 11 is 0. The fourth-order valence-corrected chi connectivity index (χ4v) is 4.00. The molecule has 1 N–H and O–H groups in total. The first kappa shape index (κ1) is 17.4. The maximum atomic E-state index is 13.3.